The lowest BCUT2D eigenvalue weighted by molar-refractivity contribution is -0.141. The van der Waals surface area contributed by atoms with Gasteiger partial charge in [-0.2, -0.15) is 0 Å². The zero-order chi connectivity index (χ0) is 16.3. The molecule has 0 spiro atoms. The highest BCUT2D eigenvalue weighted by molar-refractivity contribution is 6.30. The summed E-state index contributed by atoms with van der Waals surface area (Å²) in [5.41, 5.74) is 1.09. The quantitative estimate of drug-likeness (QED) is 0.873. The molecule has 0 radical (unpaired) electrons. The zero-order valence-electron chi connectivity index (χ0n) is 12.4. The third-order valence-corrected chi connectivity index (χ3v) is 3.52. The average molecular weight is 324 g/mol. The summed E-state index contributed by atoms with van der Waals surface area (Å²) in [7, 11) is 0. The highest BCUT2D eigenvalue weighted by atomic mass is 35.5. The molecule has 1 atom stereocenters. The first-order chi connectivity index (χ1) is 10.4. The van der Waals surface area contributed by atoms with E-state index >= 15 is 0 Å². The average Bonchev–Trinajstić information content (AvgIpc) is 2.45. The van der Waals surface area contributed by atoms with Crippen LogP contribution < -0.4 is 10.1 Å². The second-order valence-corrected chi connectivity index (χ2v) is 6.07. The maximum atomic E-state index is 12.2. The number of hydrogen-bond acceptors (Lipinski definition) is 3. The van der Waals surface area contributed by atoms with Crippen LogP contribution >= 0.6 is 11.6 Å². The Bertz CT molecular complexity index is 625. The Labute approximate surface area is 133 Å². The molecule has 5 nitrogen and oxygen atoms in total. The van der Waals surface area contributed by atoms with Crippen LogP contribution in [0.15, 0.2) is 23.8 Å². The van der Waals surface area contributed by atoms with E-state index in [1.54, 1.807) is 24.3 Å². The molecule has 1 aromatic rings. The summed E-state index contributed by atoms with van der Waals surface area (Å²) in [6, 6.07) is 4.24. The summed E-state index contributed by atoms with van der Waals surface area (Å²) in [5.74, 6) is -0.656. The molecular formula is C16H18ClNO4. The second kappa shape index (κ2) is 6.83. The van der Waals surface area contributed by atoms with Crippen LogP contribution in [0, 0.1) is 5.92 Å². The van der Waals surface area contributed by atoms with Gasteiger partial charge in [0.1, 0.15) is 18.4 Å². The van der Waals surface area contributed by atoms with E-state index in [1.807, 2.05) is 13.8 Å². The van der Waals surface area contributed by atoms with Crippen molar-refractivity contribution in [2.75, 3.05) is 6.61 Å². The topological polar surface area (TPSA) is 75.6 Å². The van der Waals surface area contributed by atoms with Crippen LogP contribution in [-0.2, 0) is 9.59 Å². The molecule has 0 fully saturated rings. The fourth-order valence-electron chi connectivity index (χ4n) is 2.22. The summed E-state index contributed by atoms with van der Waals surface area (Å²) in [6.45, 7) is 3.92. The number of rotatable bonds is 5. The van der Waals surface area contributed by atoms with Crippen LogP contribution in [0.3, 0.4) is 0 Å². The first kappa shape index (κ1) is 16.4. The number of halogens is 1. The van der Waals surface area contributed by atoms with Crippen LogP contribution in [0.25, 0.3) is 6.08 Å². The van der Waals surface area contributed by atoms with Gasteiger partial charge < -0.3 is 15.2 Å². The predicted octanol–water partition coefficient (Wildman–Crippen LogP) is 2.73. The molecule has 2 N–H and O–H groups in total. The van der Waals surface area contributed by atoms with Crippen molar-refractivity contribution in [2.45, 2.75) is 26.3 Å². The van der Waals surface area contributed by atoms with Gasteiger partial charge in [-0.1, -0.05) is 25.4 Å². The summed E-state index contributed by atoms with van der Waals surface area (Å²) in [5, 5.41) is 12.3. The van der Waals surface area contributed by atoms with Gasteiger partial charge in [-0.3, -0.25) is 4.79 Å². The zero-order valence-corrected chi connectivity index (χ0v) is 13.2. The third kappa shape index (κ3) is 4.01. The fourth-order valence-corrected chi connectivity index (χ4v) is 2.40. The number of fused-ring (bicyclic) bond motifs is 1. The monoisotopic (exact) mass is 323 g/mol. The first-order valence-corrected chi connectivity index (χ1v) is 7.41. The van der Waals surface area contributed by atoms with Gasteiger partial charge in [0.15, 0.2) is 0 Å². The van der Waals surface area contributed by atoms with Crippen molar-refractivity contribution in [1.82, 2.24) is 5.32 Å². The Hall–Kier alpha value is -2.01. The first-order valence-electron chi connectivity index (χ1n) is 7.03. The highest BCUT2D eigenvalue weighted by Crippen LogP contribution is 2.29. The Morgan fingerprint density at radius 1 is 1.41 bits per heavy atom. The fraction of sp³-hybridized carbons (Fsp3) is 0.375. The number of amides is 1. The number of hydrogen-bond donors (Lipinski definition) is 2. The van der Waals surface area contributed by atoms with Crippen molar-refractivity contribution in [3.05, 3.63) is 34.4 Å². The number of carboxylic acid groups (broad SMARTS) is 1. The Balaban J connectivity index is 2.14. The predicted molar refractivity (Wildman–Crippen MR) is 83.9 cm³/mol. The van der Waals surface area contributed by atoms with Crippen molar-refractivity contribution in [2.24, 2.45) is 5.92 Å². The Kier molecular flexibility index (Phi) is 5.08. The van der Waals surface area contributed by atoms with Crippen LogP contribution in [0.5, 0.6) is 5.75 Å². The van der Waals surface area contributed by atoms with Crippen LogP contribution in [-0.4, -0.2) is 29.6 Å². The van der Waals surface area contributed by atoms with Crippen molar-refractivity contribution in [3.63, 3.8) is 0 Å². The summed E-state index contributed by atoms with van der Waals surface area (Å²) >= 11 is 5.92. The third-order valence-electron chi connectivity index (χ3n) is 3.29. The van der Waals surface area contributed by atoms with Gasteiger partial charge in [0.05, 0.1) is 5.57 Å². The molecule has 6 heteroatoms. The van der Waals surface area contributed by atoms with E-state index in [9.17, 15) is 14.7 Å². The smallest absolute Gasteiger partial charge is 0.326 e. The van der Waals surface area contributed by atoms with E-state index in [0.717, 1.165) is 0 Å². The SMILES string of the molecule is CC(C)C[C@H](NC(=O)C1=Cc2cc(Cl)ccc2OC1)C(=O)O. The molecule has 1 heterocycles. The Morgan fingerprint density at radius 2 is 2.14 bits per heavy atom. The summed E-state index contributed by atoms with van der Waals surface area (Å²) in [6.07, 6.45) is 2.05. The number of aliphatic carboxylic acids is 1. The largest absolute Gasteiger partial charge is 0.488 e. The molecule has 118 valence electrons. The molecular weight excluding hydrogens is 306 g/mol. The maximum Gasteiger partial charge on any atom is 0.326 e. The van der Waals surface area contributed by atoms with Crippen molar-refractivity contribution in [1.29, 1.82) is 0 Å². The molecule has 2 rings (SSSR count). The number of carbonyl (C=O) groups excluding carboxylic acids is 1. The molecule has 0 bridgehead atoms. The maximum absolute atomic E-state index is 12.2. The molecule has 1 aliphatic heterocycles. The van der Waals surface area contributed by atoms with Crippen molar-refractivity contribution < 1.29 is 19.4 Å². The lowest BCUT2D eigenvalue weighted by Gasteiger charge is -2.20. The van der Waals surface area contributed by atoms with E-state index in [-0.39, 0.29) is 12.5 Å². The van der Waals surface area contributed by atoms with E-state index in [0.29, 0.717) is 28.3 Å². The lowest BCUT2D eigenvalue weighted by atomic mass is 10.0. The molecule has 0 aromatic heterocycles. The summed E-state index contributed by atoms with van der Waals surface area (Å²) in [4.78, 5) is 23.4. The van der Waals surface area contributed by atoms with Gasteiger partial charge in [0, 0.05) is 10.6 Å². The number of carbonyl (C=O) groups is 2. The summed E-state index contributed by atoms with van der Waals surface area (Å²) < 4.78 is 5.50. The van der Waals surface area contributed by atoms with Gasteiger partial charge in [0.25, 0.3) is 5.91 Å². The molecule has 22 heavy (non-hydrogen) atoms. The minimum absolute atomic E-state index is 0.106. The lowest BCUT2D eigenvalue weighted by Crippen LogP contribution is -2.43. The minimum Gasteiger partial charge on any atom is -0.488 e. The molecule has 1 aromatic carbocycles. The number of ether oxygens (including phenoxy) is 1. The molecule has 1 amide bonds. The standard InChI is InChI=1S/C16H18ClNO4/c1-9(2)5-13(16(20)21)18-15(19)11-6-10-7-12(17)3-4-14(10)22-8-11/h3-4,6-7,9,13H,5,8H2,1-2H3,(H,18,19)(H,20,21)/t13-/m0/s1. The molecule has 0 saturated carbocycles. The normalized spacial score (nSPS) is 14.6. The molecule has 1 aliphatic rings. The highest BCUT2D eigenvalue weighted by Gasteiger charge is 2.24. The number of benzene rings is 1. The van der Waals surface area contributed by atoms with E-state index in [4.69, 9.17) is 16.3 Å². The van der Waals surface area contributed by atoms with Gasteiger partial charge in [-0.15, -0.1) is 0 Å². The van der Waals surface area contributed by atoms with E-state index in [1.165, 1.54) is 0 Å². The van der Waals surface area contributed by atoms with Crippen LogP contribution in [0.2, 0.25) is 5.02 Å². The van der Waals surface area contributed by atoms with E-state index in [2.05, 4.69) is 5.32 Å². The number of carboxylic acids is 1. The number of nitrogens with one attached hydrogen (secondary N) is 1. The van der Waals surface area contributed by atoms with Crippen LogP contribution in [0.1, 0.15) is 25.8 Å². The van der Waals surface area contributed by atoms with Gasteiger partial charge >= 0.3 is 5.97 Å². The van der Waals surface area contributed by atoms with Crippen molar-refractivity contribution in [3.8, 4) is 5.75 Å². The van der Waals surface area contributed by atoms with E-state index < -0.39 is 17.9 Å². The molecule has 0 aliphatic carbocycles. The van der Waals surface area contributed by atoms with Gasteiger partial charge in [-0.25, -0.2) is 4.79 Å². The van der Waals surface area contributed by atoms with Gasteiger partial charge in [0.2, 0.25) is 0 Å². The minimum atomic E-state index is -1.04. The second-order valence-electron chi connectivity index (χ2n) is 5.63. The molecule has 0 unspecified atom stereocenters. The van der Waals surface area contributed by atoms with Crippen LogP contribution in [0.4, 0.5) is 0 Å². The van der Waals surface area contributed by atoms with Gasteiger partial charge in [-0.05, 0) is 36.6 Å². The molecule has 0 saturated heterocycles. The van der Waals surface area contributed by atoms with Crippen molar-refractivity contribution >= 4 is 29.6 Å². The Morgan fingerprint density at radius 3 is 2.77 bits per heavy atom.